The highest BCUT2D eigenvalue weighted by atomic mass is 19.4. The minimum atomic E-state index is -4.53. The summed E-state index contributed by atoms with van der Waals surface area (Å²) in [6.07, 6.45) is -2.10. The molecule has 4 aromatic rings. The average Bonchev–Trinajstić information content (AvgIpc) is 3.25. The number of carbonyl (C=O) groups is 2. The number of rotatable bonds is 5. The van der Waals surface area contributed by atoms with Crippen molar-refractivity contribution in [2.45, 2.75) is 33.0 Å². The van der Waals surface area contributed by atoms with Crippen LogP contribution in [0.2, 0.25) is 0 Å². The third-order valence-electron chi connectivity index (χ3n) is 5.83. The van der Waals surface area contributed by atoms with Crippen molar-refractivity contribution < 1.29 is 22.8 Å². The molecule has 0 saturated carbocycles. The molecule has 0 aliphatic heterocycles. The fourth-order valence-electron chi connectivity index (χ4n) is 4.01. The van der Waals surface area contributed by atoms with Gasteiger partial charge in [0.05, 0.1) is 40.4 Å². The predicted octanol–water partition coefficient (Wildman–Crippen LogP) is 3.93. The number of hydrazine groups is 1. The smallest absolute Gasteiger partial charge is 0.383 e. The zero-order chi connectivity index (χ0) is 26.2. The number of benzene rings is 1. The van der Waals surface area contributed by atoms with Crippen LogP contribution in [0.3, 0.4) is 0 Å². The lowest BCUT2D eigenvalue weighted by Crippen LogP contribution is -2.49. The van der Waals surface area contributed by atoms with Crippen molar-refractivity contribution in [3.8, 4) is 0 Å². The minimum Gasteiger partial charge on any atom is -0.383 e. The summed E-state index contributed by atoms with van der Waals surface area (Å²) in [6.45, 7) is 3.35. The van der Waals surface area contributed by atoms with E-state index in [9.17, 15) is 22.8 Å². The fourth-order valence-corrected chi connectivity index (χ4v) is 4.01. The van der Waals surface area contributed by atoms with Crippen molar-refractivity contribution in [1.29, 1.82) is 0 Å². The van der Waals surface area contributed by atoms with Gasteiger partial charge in [-0.05, 0) is 37.3 Å². The van der Waals surface area contributed by atoms with E-state index in [0.717, 1.165) is 6.07 Å². The Morgan fingerprint density at radius 3 is 2.42 bits per heavy atom. The SMILES string of the molecule is CCC(=O)N(CC)N(Cc1ccc(C(F)(F)F)cn1)C(=O)c1ccc2nc(N)c3cnn(C)c3c2c1. The topological polar surface area (TPSA) is 110 Å². The molecule has 0 aliphatic carbocycles. The number of carbonyl (C=O) groups excluding carboxylic acids is 2. The zero-order valence-corrected chi connectivity index (χ0v) is 19.9. The van der Waals surface area contributed by atoms with Gasteiger partial charge in [0, 0.05) is 37.2 Å². The Morgan fingerprint density at radius 1 is 1.06 bits per heavy atom. The standard InChI is InChI=1S/C24H24F3N7O2/c1-4-20(35)33(5-2)34(13-16-8-7-15(11-29-16)24(25,26)27)23(36)14-6-9-19-17(10-14)21-18(22(28)31-19)12-30-32(21)3/h6-12H,4-5,13H2,1-3H3,(H2,28,31). The summed E-state index contributed by atoms with van der Waals surface area (Å²) in [7, 11) is 1.75. The van der Waals surface area contributed by atoms with E-state index in [4.69, 9.17) is 5.73 Å². The number of hydrogen-bond acceptors (Lipinski definition) is 6. The molecule has 2 amide bonds. The number of hydrogen-bond donors (Lipinski definition) is 1. The van der Waals surface area contributed by atoms with Crippen LogP contribution in [0.1, 0.15) is 41.9 Å². The van der Waals surface area contributed by atoms with Crippen LogP contribution in [-0.4, -0.2) is 48.1 Å². The molecule has 3 heterocycles. The maximum Gasteiger partial charge on any atom is 0.417 e. The van der Waals surface area contributed by atoms with Crippen molar-refractivity contribution in [1.82, 2.24) is 29.8 Å². The van der Waals surface area contributed by atoms with Crippen molar-refractivity contribution >= 4 is 39.4 Å². The van der Waals surface area contributed by atoms with E-state index in [-0.39, 0.29) is 36.7 Å². The van der Waals surface area contributed by atoms with Gasteiger partial charge in [0.2, 0.25) is 5.91 Å². The van der Waals surface area contributed by atoms with Gasteiger partial charge in [0.1, 0.15) is 5.82 Å². The van der Waals surface area contributed by atoms with Crippen LogP contribution in [0.5, 0.6) is 0 Å². The van der Waals surface area contributed by atoms with E-state index in [1.54, 1.807) is 50.0 Å². The number of halogens is 3. The fraction of sp³-hybridized carbons (Fsp3) is 0.292. The lowest BCUT2D eigenvalue weighted by molar-refractivity contribution is -0.144. The largest absolute Gasteiger partial charge is 0.417 e. The summed E-state index contributed by atoms with van der Waals surface area (Å²) in [4.78, 5) is 34.6. The molecule has 0 saturated heterocycles. The summed E-state index contributed by atoms with van der Waals surface area (Å²) in [5, 5.41) is 7.98. The number of amides is 2. The number of pyridine rings is 2. The van der Waals surface area contributed by atoms with Gasteiger partial charge in [-0.1, -0.05) is 6.92 Å². The van der Waals surface area contributed by atoms with Gasteiger partial charge in [-0.3, -0.25) is 24.3 Å². The van der Waals surface area contributed by atoms with Crippen molar-refractivity contribution in [3.63, 3.8) is 0 Å². The molecule has 0 aliphatic rings. The highest BCUT2D eigenvalue weighted by molar-refractivity contribution is 6.10. The summed E-state index contributed by atoms with van der Waals surface area (Å²) >= 11 is 0. The Hall–Kier alpha value is -4.22. The Labute approximate surface area is 204 Å². The van der Waals surface area contributed by atoms with Gasteiger partial charge >= 0.3 is 6.18 Å². The van der Waals surface area contributed by atoms with Crippen LogP contribution in [0.15, 0.2) is 42.7 Å². The summed E-state index contributed by atoms with van der Waals surface area (Å²) in [5.74, 6) is -0.526. The Morgan fingerprint density at radius 2 is 1.81 bits per heavy atom. The third-order valence-corrected chi connectivity index (χ3v) is 5.83. The summed E-state index contributed by atoms with van der Waals surface area (Å²) in [6, 6.07) is 6.95. The number of nitrogens with zero attached hydrogens (tertiary/aromatic N) is 6. The van der Waals surface area contributed by atoms with Crippen LogP contribution >= 0.6 is 0 Å². The van der Waals surface area contributed by atoms with Gasteiger partial charge in [-0.15, -0.1) is 0 Å². The first-order chi connectivity index (χ1) is 17.0. The molecule has 12 heteroatoms. The van der Waals surface area contributed by atoms with Crippen LogP contribution in [-0.2, 0) is 24.6 Å². The maximum atomic E-state index is 13.7. The normalized spacial score (nSPS) is 11.7. The molecule has 188 valence electrons. The van der Waals surface area contributed by atoms with E-state index >= 15 is 0 Å². The maximum absolute atomic E-state index is 13.7. The molecule has 0 unspecified atom stereocenters. The molecule has 0 atom stereocenters. The number of nitrogens with two attached hydrogens (primary N) is 1. The van der Waals surface area contributed by atoms with Gasteiger partial charge in [-0.25, -0.2) is 9.99 Å². The average molecular weight is 499 g/mol. The predicted molar refractivity (Wildman–Crippen MR) is 127 cm³/mol. The molecule has 2 N–H and O–H groups in total. The second-order valence-corrected chi connectivity index (χ2v) is 8.12. The van der Waals surface area contributed by atoms with Crippen LogP contribution in [0.25, 0.3) is 21.8 Å². The number of nitrogen functional groups attached to an aromatic ring is 1. The van der Waals surface area contributed by atoms with E-state index < -0.39 is 17.6 Å². The number of fused-ring (bicyclic) bond motifs is 3. The van der Waals surface area contributed by atoms with Crippen LogP contribution < -0.4 is 5.73 Å². The molecule has 1 aromatic carbocycles. The van der Waals surface area contributed by atoms with Crippen molar-refractivity contribution in [2.24, 2.45) is 7.05 Å². The van der Waals surface area contributed by atoms with Crippen LogP contribution in [0, 0.1) is 0 Å². The van der Waals surface area contributed by atoms with E-state index in [1.165, 1.54) is 16.1 Å². The zero-order valence-electron chi connectivity index (χ0n) is 19.9. The van der Waals surface area contributed by atoms with Crippen molar-refractivity contribution in [3.05, 3.63) is 59.5 Å². The molecule has 0 fully saturated rings. The molecule has 0 spiro atoms. The van der Waals surface area contributed by atoms with Gasteiger partial charge in [0.25, 0.3) is 5.91 Å². The summed E-state index contributed by atoms with van der Waals surface area (Å²) < 4.78 is 40.5. The Kier molecular flexibility index (Phi) is 6.53. The number of anilines is 1. The van der Waals surface area contributed by atoms with Gasteiger partial charge in [0.15, 0.2) is 0 Å². The molecular formula is C24H24F3N7O2. The lowest BCUT2D eigenvalue weighted by Gasteiger charge is -2.34. The van der Waals surface area contributed by atoms with E-state index in [0.29, 0.717) is 33.8 Å². The Bertz CT molecular complexity index is 1450. The van der Waals surface area contributed by atoms with E-state index in [2.05, 4.69) is 15.1 Å². The first-order valence-corrected chi connectivity index (χ1v) is 11.2. The van der Waals surface area contributed by atoms with Crippen LogP contribution in [0.4, 0.5) is 19.0 Å². The molecular weight excluding hydrogens is 475 g/mol. The van der Waals surface area contributed by atoms with Crippen molar-refractivity contribution in [2.75, 3.05) is 12.3 Å². The first kappa shape index (κ1) is 24.9. The first-order valence-electron chi connectivity index (χ1n) is 11.2. The number of aryl methyl sites for hydroxylation is 1. The third kappa shape index (κ3) is 4.53. The van der Waals surface area contributed by atoms with E-state index in [1.807, 2.05) is 0 Å². The molecule has 3 aromatic heterocycles. The second kappa shape index (κ2) is 9.44. The Balaban J connectivity index is 1.78. The quantitative estimate of drug-likeness (QED) is 0.417. The summed E-state index contributed by atoms with van der Waals surface area (Å²) in [5.41, 5.74) is 6.86. The number of alkyl halides is 3. The van der Waals surface area contributed by atoms with Gasteiger partial charge < -0.3 is 5.73 Å². The molecule has 9 nitrogen and oxygen atoms in total. The monoisotopic (exact) mass is 499 g/mol. The molecule has 0 radical (unpaired) electrons. The minimum absolute atomic E-state index is 0.134. The second-order valence-electron chi connectivity index (χ2n) is 8.12. The molecule has 4 rings (SSSR count). The molecule has 36 heavy (non-hydrogen) atoms. The molecule has 0 bridgehead atoms. The number of aromatic nitrogens is 4. The highest BCUT2D eigenvalue weighted by Crippen LogP contribution is 2.30. The lowest BCUT2D eigenvalue weighted by atomic mass is 10.1. The highest BCUT2D eigenvalue weighted by Gasteiger charge is 2.31. The van der Waals surface area contributed by atoms with Gasteiger partial charge in [-0.2, -0.15) is 18.3 Å².